The summed E-state index contributed by atoms with van der Waals surface area (Å²) in [6, 6.07) is 6.63. The summed E-state index contributed by atoms with van der Waals surface area (Å²) in [6.45, 7) is 4.09. The van der Waals surface area contributed by atoms with Crippen molar-refractivity contribution in [2.45, 2.75) is 20.3 Å². The number of ether oxygens (including phenoxy) is 1. The number of aryl methyl sites for hydroxylation is 2. The zero-order valence-corrected chi connectivity index (χ0v) is 10.0. The van der Waals surface area contributed by atoms with Crippen molar-refractivity contribution < 1.29 is 9.84 Å². The minimum absolute atomic E-state index is 0.233. The van der Waals surface area contributed by atoms with Gasteiger partial charge >= 0.3 is 0 Å². The van der Waals surface area contributed by atoms with Crippen LogP contribution in [-0.2, 0) is 6.42 Å². The maximum absolute atomic E-state index is 9.14. The summed E-state index contributed by atoms with van der Waals surface area (Å²) in [7, 11) is 0. The lowest BCUT2D eigenvalue weighted by Crippen LogP contribution is -1.82. The van der Waals surface area contributed by atoms with Crippen molar-refractivity contribution in [1.29, 1.82) is 0 Å². The Kier molecular flexibility index (Phi) is 3.10. The van der Waals surface area contributed by atoms with Gasteiger partial charge in [-0.05, 0) is 37.6 Å². The minimum atomic E-state index is 0.233. The Morgan fingerprint density at radius 2 is 2.00 bits per heavy atom. The van der Waals surface area contributed by atoms with E-state index in [1.807, 2.05) is 6.92 Å². The van der Waals surface area contributed by atoms with E-state index in [9.17, 15) is 0 Å². The van der Waals surface area contributed by atoms with Gasteiger partial charge in [-0.1, -0.05) is 18.3 Å². The second-order valence-corrected chi connectivity index (χ2v) is 4.48. The molecule has 0 radical (unpaired) electrons. The van der Waals surface area contributed by atoms with Crippen LogP contribution in [0.25, 0.3) is 0 Å². The van der Waals surface area contributed by atoms with Crippen LogP contribution < -0.4 is 4.74 Å². The molecule has 0 saturated carbocycles. The van der Waals surface area contributed by atoms with Gasteiger partial charge in [-0.3, -0.25) is 0 Å². The standard InChI is InChI=1S/C12H13NO2S/c1-3-11-8(2)13-12(16-11)15-10-6-4-9(14)5-7-10/h4-7,14H,3H2,1-2H3. The van der Waals surface area contributed by atoms with Crippen LogP contribution in [0.1, 0.15) is 17.5 Å². The fourth-order valence-electron chi connectivity index (χ4n) is 1.39. The lowest BCUT2D eigenvalue weighted by atomic mass is 10.3. The van der Waals surface area contributed by atoms with E-state index in [-0.39, 0.29) is 5.75 Å². The molecule has 0 atom stereocenters. The number of phenolic OH excluding ortho intramolecular Hbond substituents is 1. The largest absolute Gasteiger partial charge is 0.508 e. The van der Waals surface area contributed by atoms with E-state index in [0.29, 0.717) is 10.9 Å². The Hall–Kier alpha value is -1.55. The molecule has 0 aliphatic rings. The highest BCUT2D eigenvalue weighted by Crippen LogP contribution is 2.29. The fraction of sp³-hybridized carbons (Fsp3) is 0.250. The molecule has 1 aromatic heterocycles. The minimum Gasteiger partial charge on any atom is -0.508 e. The molecule has 0 amide bonds. The zero-order chi connectivity index (χ0) is 11.5. The van der Waals surface area contributed by atoms with Crippen molar-refractivity contribution in [2.75, 3.05) is 0 Å². The first kappa shape index (κ1) is 11.0. The summed E-state index contributed by atoms with van der Waals surface area (Å²) in [5.41, 5.74) is 1.03. The van der Waals surface area contributed by atoms with Gasteiger partial charge in [0.25, 0.3) is 5.19 Å². The molecule has 0 fully saturated rings. The Bertz CT molecular complexity index is 476. The van der Waals surface area contributed by atoms with Crippen molar-refractivity contribution in [3.05, 3.63) is 34.8 Å². The van der Waals surface area contributed by atoms with E-state index < -0.39 is 0 Å². The average Bonchev–Trinajstić information content (AvgIpc) is 2.62. The number of phenols is 1. The SMILES string of the molecule is CCc1sc(Oc2ccc(O)cc2)nc1C. The van der Waals surface area contributed by atoms with Crippen LogP contribution in [0.3, 0.4) is 0 Å². The molecule has 0 bridgehead atoms. The van der Waals surface area contributed by atoms with Gasteiger partial charge in [-0.15, -0.1) is 0 Å². The normalized spacial score (nSPS) is 10.4. The van der Waals surface area contributed by atoms with Crippen LogP contribution in [0.2, 0.25) is 0 Å². The first-order valence-electron chi connectivity index (χ1n) is 5.12. The van der Waals surface area contributed by atoms with E-state index in [0.717, 1.165) is 12.1 Å². The van der Waals surface area contributed by atoms with Crippen LogP contribution >= 0.6 is 11.3 Å². The molecule has 84 valence electrons. The van der Waals surface area contributed by atoms with Gasteiger partial charge in [-0.25, -0.2) is 4.98 Å². The molecular weight excluding hydrogens is 222 g/mol. The van der Waals surface area contributed by atoms with Gasteiger partial charge in [0.15, 0.2) is 0 Å². The monoisotopic (exact) mass is 235 g/mol. The van der Waals surface area contributed by atoms with Gasteiger partial charge in [0, 0.05) is 4.88 Å². The van der Waals surface area contributed by atoms with Crippen molar-refractivity contribution in [3.63, 3.8) is 0 Å². The number of nitrogens with zero attached hydrogens (tertiary/aromatic N) is 1. The van der Waals surface area contributed by atoms with Crippen LogP contribution in [0.5, 0.6) is 16.7 Å². The van der Waals surface area contributed by atoms with E-state index >= 15 is 0 Å². The van der Waals surface area contributed by atoms with Crippen LogP contribution in [0, 0.1) is 6.92 Å². The number of rotatable bonds is 3. The summed E-state index contributed by atoms with van der Waals surface area (Å²) >= 11 is 1.56. The van der Waals surface area contributed by atoms with E-state index in [1.54, 1.807) is 35.6 Å². The molecule has 1 aromatic carbocycles. The topological polar surface area (TPSA) is 42.4 Å². The Balaban J connectivity index is 2.17. The average molecular weight is 235 g/mol. The predicted molar refractivity (Wildman–Crippen MR) is 64.4 cm³/mol. The highest BCUT2D eigenvalue weighted by atomic mass is 32.1. The lowest BCUT2D eigenvalue weighted by Gasteiger charge is -2.00. The molecule has 0 spiro atoms. The molecule has 0 aliphatic heterocycles. The second-order valence-electron chi connectivity index (χ2n) is 3.44. The van der Waals surface area contributed by atoms with Crippen LogP contribution in [0.15, 0.2) is 24.3 Å². The molecule has 0 unspecified atom stereocenters. The van der Waals surface area contributed by atoms with Crippen LogP contribution in [-0.4, -0.2) is 10.1 Å². The summed E-state index contributed by atoms with van der Waals surface area (Å²) < 4.78 is 5.59. The third-order valence-corrected chi connectivity index (χ3v) is 3.42. The summed E-state index contributed by atoms with van der Waals surface area (Å²) in [6.07, 6.45) is 0.975. The van der Waals surface area contributed by atoms with Crippen molar-refractivity contribution in [3.8, 4) is 16.7 Å². The maximum Gasteiger partial charge on any atom is 0.279 e. The van der Waals surface area contributed by atoms with Gasteiger partial charge in [0.05, 0.1) is 5.69 Å². The molecule has 2 aromatic rings. The molecule has 3 nitrogen and oxygen atoms in total. The smallest absolute Gasteiger partial charge is 0.279 e. The Labute approximate surface area is 98.4 Å². The summed E-state index contributed by atoms with van der Waals surface area (Å²) in [5, 5.41) is 9.79. The molecule has 1 N–H and O–H groups in total. The Morgan fingerprint density at radius 3 is 2.56 bits per heavy atom. The van der Waals surface area contributed by atoms with Gasteiger partial charge in [-0.2, -0.15) is 0 Å². The third kappa shape index (κ3) is 2.33. The zero-order valence-electron chi connectivity index (χ0n) is 9.23. The van der Waals surface area contributed by atoms with Gasteiger partial charge in [0.2, 0.25) is 0 Å². The number of benzene rings is 1. The summed E-state index contributed by atoms with van der Waals surface area (Å²) in [5.74, 6) is 0.922. The lowest BCUT2D eigenvalue weighted by molar-refractivity contribution is 0.462. The number of aromatic nitrogens is 1. The van der Waals surface area contributed by atoms with Gasteiger partial charge in [0.1, 0.15) is 11.5 Å². The highest BCUT2D eigenvalue weighted by molar-refractivity contribution is 7.13. The third-order valence-electron chi connectivity index (χ3n) is 2.24. The Morgan fingerprint density at radius 1 is 1.31 bits per heavy atom. The predicted octanol–water partition coefficient (Wildman–Crippen LogP) is 3.51. The van der Waals surface area contributed by atoms with Crippen molar-refractivity contribution in [2.24, 2.45) is 0 Å². The molecule has 0 aliphatic carbocycles. The van der Waals surface area contributed by atoms with E-state index in [2.05, 4.69) is 11.9 Å². The quantitative estimate of drug-likeness (QED) is 0.885. The molecule has 1 heterocycles. The molecular formula is C12H13NO2S. The van der Waals surface area contributed by atoms with E-state index in [4.69, 9.17) is 9.84 Å². The van der Waals surface area contributed by atoms with E-state index in [1.165, 1.54) is 4.88 Å². The van der Waals surface area contributed by atoms with Crippen LogP contribution in [0.4, 0.5) is 0 Å². The molecule has 4 heteroatoms. The first-order chi connectivity index (χ1) is 7.69. The fourth-order valence-corrected chi connectivity index (χ4v) is 2.26. The van der Waals surface area contributed by atoms with Gasteiger partial charge < -0.3 is 9.84 Å². The number of thiazole rings is 1. The number of aromatic hydroxyl groups is 1. The van der Waals surface area contributed by atoms with Crippen molar-refractivity contribution in [1.82, 2.24) is 4.98 Å². The maximum atomic E-state index is 9.14. The number of hydrogen-bond acceptors (Lipinski definition) is 4. The molecule has 2 rings (SSSR count). The second kappa shape index (κ2) is 4.53. The number of hydrogen-bond donors (Lipinski definition) is 1. The molecule has 0 saturated heterocycles. The highest BCUT2D eigenvalue weighted by Gasteiger charge is 2.07. The summed E-state index contributed by atoms with van der Waals surface area (Å²) in [4.78, 5) is 5.58. The first-order valence-corrected chi connectivity index (χ1v) is 5.94. The van der Waals surface area contributed by atoms with Crippen molar-refractivity contribution >= 4 is 11.3 Å². The molecule has 16 heavy (non-hydrogen) atoms.